The number of rotatable bonds is 6. The first-order valence-corrected chi connectivity index (χ1v) is 6.94. The van der Waals surface area contributed by atoms with Crippen molar-refractivity contribution >= 4 is 28.4 Å². The van der Waals surface area contributed by atoms with Crippen LogP contribution in [0.4, 0.5) is 5.00 Å². The third kappa shape index (κ3) is 3.44. The number of aryl methyl sites for hydroxylation is 1. The Hall–Kier alpha value is -1.63. The second-order valence-corrected chi connectivity index (χ2v) is 4.93. The number of carboxylic acid groups (broad SMARTS) is 1. The summed E-state index contributed by atoms with van der Waals surface area (Å²) in [5, 5.41) is 12.5. The molecule has 0 radical (unpaired) electrons. The number of carboxylic acids is 1. The van der Waals surface area contributed by atoms with Crippen molar-refractivity contribution in [2.24, 2.45) is 0 Å². The van der Waals surface area contributed by atoms with Gasteiger partial charge in [0.25, 0.3) is 0 Å². The van der Waals surface area contributed by atoms with Crippen LogP contribution in [0.15, 0.2) is 0 Å². The van der Waals surface area contributed by atoms with Gasteiger partial charge in [-0.2, -0.15) is 4.37 Å². The van der Waals surface area contributed by atoms with Gasteiger partial charge in [-0.3, -0.25) is 4.79 Å². The lowest BCUT2D eigenvalue weighted by atomic mass is 10.2. The van der Waals surface area contributed by atoms with Crippen LogP contribution < -0.4 is 5.32 Å². The fourth-order valence-corrected chi connectivity index (χ4v) is 2.66. The van der Waals surface area contributed by atoms with Crippen molar-refractivity contribution in [1.29, 1.82) is 0 Å². The molecule has 1 aromatic rings. The molecule has 7 heteroatoms. The summed E-state index contributed by atoms with van der Waals surface area (Å²) < 4.78 is 4.01. The molecule has 0 fully saturated rings. The molecular formula is C12H19N3O3S. The highest BCUT2D eigenvalue weighted by Crippen LogP contribution is 2.25. The molecule has 0 bridgehead atoms. The van der Waals surface area contributed by atoms with E-state index in [-0.39, 0.29) is 11.5 Å². The van der Waals surface area contributed by atoms with E-state index in [0.717, 1.165) is 11.5 Å². The molecule has 0 spiro atoms. The molecule has 1 atom stereocenters. The van der Waals surface area contributed by atoms with E-state index in [1.807, 2.05) is 13.8 Å². The van der Waals surface area contributed by atoms with Crippen LogP contribution in [-0.2, 0) is 4.79 Å². The number of nitrogens with zero attached hydrogens (tertiary/aromatic N) is 2. The van der Waals surface area contributed by atoms with Crippen LogP contribution in [0.2, 0.25) is 0 Å². The second-order valence-electron chi connectivity index (χ2n) is 4.15. The first kappa shape index (κ1) is 15.4. The lowest BCUT2D eigenvalue weighted by Crippen LogP contribution is -2.41. The number of nitrogens with one attached hydrogen (secondary N) is 1. The molecule has 1 amide bonds. The summed E-state index contributed by atoms with van der Waals surface area (Å²) in [7, 11) is 0. The largest absolute Gasteiger partial charge is 0.478 e. The van der Waals surface area contributed by atoms with E-state index in [1.165, 1.54) is 0 Å². The number of amides is 1. The smallest absolute Gasteiger partial charge is 0.340 e. The van der Waals surface area contributed by atoms with Crippen LogP contribution in [-0.4, -0.2) is 45.4 Å². The number of hydrogen-bond donors (Lipinski definition) is 2. The highest BCUT2D eigenvalue weighted by Gasteiger charge is 2.23. The van der Waals surface area contributed by atoms with Crippen molar-refractivity contribution in [3.05, 3.63) is 11.3 Å². The second kappa shape index (κ2) is 6.51. The van der Waals surface area contributed by atoms with Crippen LogP contribution >= 0.6 is 11.5 Å². The van der Waals surface area contributed by atoms with E-state index >= 15 is 0 Å². The van der Waals surface area contributed by atoms with E-state index in [1.54, 1.807) is 18.7 Å². The Bertz CT molecular complexity index is 469. The number of carbonyl (C=O) groups excluding carboxylic acids is 1. The van der Waals surface area contributed by atoms with Crippen molar-refractivity contribution < 1.29 is 14.7 Å². The molecule has 1 rings (SSSR count). The molecule has 0 aliphatic carbocycles. The van der Waals surface area contributed by atoms with Crippen LogP contribution in [0.1, 0.15) is 36.8 Å². The summed E-state index contributed by atoms with van der Waals surface area (Å²) >= 11 is 1.06. The normalized spacial score (nSPS) is 12.0. The maximum Gasteiger partial charge on any atom is 0.340 e. The van der Waals surface area contributed by atoms with Crippen LogP contribution in [0.5, 0.6) is 0 Å². The summed E-state index contributed by atoms with van der Waals surface area (Å²) in [6.07, 6.45) is 0. The van der Waals surface area contributed by atoms with Gasteiger partial charge in [0, 0.05) is 13.1 Å². The molecule has 19 heavy (non-hydrogen) atoms. The van der Waals surface area contributed by atoms with Crippen molar-refractivity contribution in [1.82, 2.24) is 9.27 Å². The Labute approximate surface area is 116 Å². The summed E-state index contributed by atoms with van der Waals surface area (Å²) in [4.78, 5) is 24.9. The van der Waals surface area contributed by atoms with E-state index in [9.17, 15) is 9.59 Å². The van der Waals surface area contributed by atoms with Crippen LogP contribution in [0.25, 0.3) is 0 Å². The van der Waals surface area contributed by atoms with Gasteiger partial charge in [0.2, 0.25) is 5.91 Å². The Morgan fingerprint density at radius 2 is 2.00 bits per heavy atom. The molecule has 106 valence electrons. The average Bonchev–Trinajstić information content (AvgIpc) is 2.71. The predicted octanol–water partition coefficient (Wildman–Crippen LogP) is 1.82. The van der Waals surface area contributed by atoms with Crippen molar-refractivity contribution in [3.63, 3.8) is 0 Å². The van der Waals surface area contributed by atoms with Crippen molar-refractivity contribution in [3.8, 4) is 0 Å². The van der Waals surface area contributed by atoms with Gasteiger partial charge in [0.15, 0.2) is 0 Å². The van der Waals surface area contributed by atoms with Crippen molar-refractivity contribution in [2.45, 2.75) is 33.7 Å². The SMILES string of the molecule is CCN(CC)C(=O)C(C)Nc1snc(C)c1C(=O)O. The molecule has 1 unspecified atom stereocenters. The van der Waals surface area contributed by atoms with E-state index in [2.05, 4.69) is 9.69 Å². The number of likely N-dealkylation sites (N-methyl/N-ethyl adjacent to an activating group) is 1. The van der Waals surface area contributed by atoms with Gasteiger partial charge < -0.3 is 15.3 Å². The van der Waals surface area contributed by atoms with Gasteiger partial charge >= 0.3 is 5.97 Å². The minimum absolute atomic E-state index is 0.0487. The molecule has 0 aliphatic rings. The highest BCUT2D eigenvalue weighted by atomic mass is 32.1. The zero-order valence-electron chi connectivity index (χ0n) is 11.6. The number of hydrogen-bond acceptors (Lipinski definition) is 5. The third-order valence-corrected chi connectivity index (χ3v) is 3.74. The lowest BCUT2D eigenvalue weighted by molar-refractivity contribution is -0.131. The molecule has 2 N–H and O–H groups in total. The minimum atomic E-state index is -1.03. The van der Waals surface area contributed by atoms with Gasteiger partial charge in [-0.15, -0.1) is 0 Å². The summed E-state index contributed by atoms with van der Waals surface area (Å²) in [5.74, 6) is -1.08. The molecule has 6 nitrogen and oxygen atoms in total. The van der Waals surface area contributed by atoms with E-state index < -0.39 is 12.0 Å². The zero-order valence-corrected chi connectivity index (χ0v) is 12.4. The van der Waals surface area contributed by atoms with Gasteiger partial charge in [0.1, 0.15) is 16.6 Å². The monoisotopic (exact) mass is 285 g/mol. The number of aromatic carboxylic acids is 1. The van der Waals surface area contributed by atoms with Gasteiger partial charge in [-0.05, 0) is 39.2 Å². The quantitative estimate of drug-likeness (QED) is 0.833. The summed E-state index contributed by atoms with van der Waals surface area (Å²) in [5.41, 5.74) is 0.603. The highest BCUT2D eigenvalue weighted by molar-refractivity contribution is 7.10. The lowest BCUT2D eigenvalue weighted by Gasteiger charge is -2.23. The Morgan fingerprint density at radius 3 is 2.47 bits per heavy atom. The summed E-state index contributed by atoms with van der Waals surface area (Å²) in [6, 6.07) is -0.474. The van der Waals surface area contributed by atoms with Crippen molar-refractivity contribution in [2.75, 3.05) is 18.4 Å². The minimum Gasteiger partial charge on any atom is -0.478 e. The van der Waals surface area contributed by atoms with Gasteiger partial charge in [-0.1, -0.05) is 0 Å². The third-order valence-electron chi connectivity index (χ3n) is 2.87. The van der Waals surface area contributed by atoms with E-state index in [0.29, 0.717) is 23.8 Å². The average molecular weight is 285 g/mol. The maximum absolute atomic E-state index is 12.1. The number of anilines is 1. The van der Waals surface area contributed by atoms with Crippen LogP contribution in [0.3, 0.4) is 0 Å². The van der Waals surface area contributed by atoms with Gasteiger partial charge in [-0.25, -0.2) is 4.79 Å². The number of carbonyl (C=O) groups is 2. The Kier molecular flexibility index (Phi) is 5.29. The Balaban J connectivity index is 2.85. The maximum atomic E-state index is 12.1. The fourth-order valence-electron chi connectivity index (χ4n) is 1.79. The molecule has 0 aromatic carbocycles. The molecule has 1 heterocycles. The molecular weight excluding hydrogens is 266 g/mol. The molecule has 1 aromatic heterocycles. The predicted molar refractivity (Wildman–Crippen MR) is 74.8 cm³/mol. The molecule has 0 aliphatic heterocycles. The summed E-state index contributed by atoms with van der Waals surface area (Å²) in [6.45, 7) is 8.45. The standard InChI is InChI=1S/C12H19N3O3S/c1-5-15(6-2)11(16)8(4)13-10-9(12(17)18)7(3)14-19-10/h8,13H,5-6H2,1-4H3,(H,17,18). The Morgan fingerprint density at radius 1 is 1.42 bits per heavy atom. The number of aromatic nitrogens is 1. The molecule has 0 saturated heterocycles. The fraction of sp³-hybridized carbons (Fsp3) is 0.583. The van der Waals surface area contributed by atoms with Crippen LogP contribution in [0, 0.1) is 6.92 Å². The first-order valence-electron chi connectivity index (χ1n) is 6.17. The molecule has 0 saturated carbocycles. The topological polar surface area (TPSA) is 82.5 Å². The zero-order chi connectivity index (χ0) is 14.6. The van der Waals surface area contributed by atoms with E-state index in [4.69, 9.17) is 5.11 Å². The first-order chi connectivity index (χ1) is 8.92. The van der Waals surface area contributed by atoms with Gasteiger partial charge in [0.05, 0.1) is 5.69 Å².